The van der Waals surface area contributed by atoms with E-state index in [2.05, 4.69) is 22.6 Å². The van der Waals surface area contributed by atoms with Crippen LogP contribution in [0.25, 0.3) is 0 Å². The molecule has 2 aromatic carbocycles. The third kappa shape index (κ3) is 3.21. The molecule has 0 saturated heterocycles. The fourth-order valence-corrected chi connectivity index (χ4v) is 3.16. The maximum Gasteiger partial charge on any atom is 0.196 e. The highest BCUT2D eigenvalue weighted by atomic mass is 127. The van der Waals surface area contributed by atoms with Gasteiger partial charge in [-0.15, -0.1) is 0 Å². The Morgan fingerprint density at radius 2 is 1.50 bits per heavy atom. The number of hydrogen-bond donors (Lipinski definition) is 0. The van der Waals surface area contributed by atoms with E-state index in [4.69, 9.17) is 58.0 Å². The first-order valence-corrected chi connectivity index (χ1v) is 8.12. The minimum Gasteiger partial charge on any atom is -0.288 e. The first kappa shape index (κ1) is 16.7. The van der Waals surface area contributed by atoms with Crippen LogP contribution in [0.4, 0.5) is 0 Å². The van der Waals surface area contributed by atoms with Gasteiger partial charge in [0.15, 0.2) is 5.78 Å². The number of carbonyl (C=O) groups is 1. The van der Waals surface area contributed by atoms with Crippen LogP contribution in [-0.2, 0) is 0 Å². The predicted octanol–water partition coefficient (Wildman–Crippen LogP) is 6.79. The topological polar surface area (TPSA) is 17.1 Å². The van der Waals surface area contributed by atoms with Crippen LogP contribution in [0.3, 0.4) is 0 Å². The molecule has 104 valence electrons. The summed E-state index contributed by atoms with van der Waals surface area (Å²) in [7, 11) is 0. The van der Waals surface area contributed by atoms with Gasteiger partial charge in [0.2, 0.25) is 0 Å². The highest BCUT2D eigenvalue weighted by Gasteiger charge is 2.21. The SMILES string of the molecule is O=C(c1ccc(I)c(Cl)c1)c1c(Cl)cc(Cl)c(Cl)c1Cl. The summed E-state index contributed by atoms with van der Waals surface area (Å²) in [5.74, 6) is -0.364. The van der Waals surface area contributed by atoms with Gasteiger partial charge in [-0.2, -0.15) is 0 Å². The van der Waals surface area contributed by atoms with Gasteiger partial charge in [-0.3, -0.25) is 4.79 Å². The summed E-state index contributed by atoms with van der Waals surface area (Å²) in [6.07, 6.45) is 0. The first-order chi connectivity index (χ1) is 9.32. The zero-order valence-electron chi connectivity index (χ0n) is 9.49. The van der Waals surface area contributed by atoms with Crippen LogP contribution in [0.15, 0.2) is 24.3 Å². The lowest BCUT2D eigenvalue weighted by molar-refractivity contribution is 0.103. The lowest BCUT2D eigenvalue weighted by Crippen LogP contribution is -2.04. The van der Waals surface area contributed by atoms with Gasteiger partial charge < -0.3 is 0 Å². The Morgan fingerprint density at radius 3 is 2.10 bits per heavy atom. The highest BCUT2D eigenvalue weighted by Crippen LogP contribution is 2.38. The zero-order valence-corrected chi connectivity index (χ0v) is 15.4. The Bertz CT molecular complexity index is 714. The van der Waals surface area contributed by atoms with Crippen molar-refractivity contribution in [2.45, 2.75) is 0 Å². The van der Waals surface area contributed by atoms with Gasteiger partial charge in [-0.25, -0.2) is 0 Å². The van der Waals surface area contributed by atoms with Gasteiger partial charge >= 0.3 is 0 Å². The molecule has 0 bridgehead atoms. The van der Waals surface area contributed by atoms with E-state index in [1.807, 2.05) is 0 Å². The molecule has 0 radical (unpaired) electrons. The molecule has 0 fully saturated rings. The third-order valence-corrected chi connectivity index (χ3v) is 5.66. The zero-order chi connectivity index (χ0) is 15.0. The summed E-state index contributed by atoms with van der Waals surface area (Å²) in [4.78, 5) is 12.5. The second kappa shape index (κ2) is 6.59. The van der Waals surface area contributed by atoms with E-state index in [0.29, 0.717) is 10.6 Å². The average Bonchev–Trinajstić information content (AvgIpc) is 2.39. The van der Waals surface area contributed by atoms with Crippen LogP contribution in [0.5, 0.6) is 0 Å². The Morgan fingerprint density at radius 1 is 0.850 bits per heavy atom. The second-order valence-electron chi connectivity index (χ2n) is 3.80. The molecule has 0 saturated carbocycles. The molecule has 1 nitrogen and oxygen atoms in total. The van der Waals surface area contributed by atoms with E-state index >= 15 is 0 Å². The normalized spacial score (nSPS) is 10.7. The summed E-state index contributed by atoms with van der Waals surface area (Å²) < 4.78 is 0.840. The number of halogens is 6. The molecule has 0 amide bonds. The molecule has 0 N–H and O–H groups in total. The van der Waals surface area contributed by atoms with Crippen LogP contribution >= 0.6 is 80.6 Å². The van der Waals surface area contributed by atoms with Crippen molar-refractivity contribution in [1.82, 2.24) is 0 Å². The number of benzene rings is 2. The maximum atomic E-state index is 12.5. The van der Waals surface area contributed by atoms with Crippen LogP contribution in [-0.4, -0.2) is 5.78 Å². The summed E-state index contributed by atoms with van der Waals surface area (Å²) in [5.41, 5.74) is 0.484. The van der Waals surface area contributed by atoms with Crippen molar-refractivity contribution in [3.05, 3.63) is 64.1 Å². The quantitative estimate of drug-likeness (QED) is 0.200. The maximum absolute atomic E-state index is 12.5. The van der Waals surface area contributed by atoms with Gasteiger partial charge in [0.25, 0.3) is 0 Å². The third-order valence-electron chi connectivity index (χ3n) is 2.52. The van der Waals surface area contributed by atoms with Crippen molar-refractivity contribution in [3.8, 4) is 0 Å². The van der Waals surface area contributed by atoms with E-state index in [1.54, 1.807) is 18.2 Å². The molecule has 0 spiro atoms. The van der Waals surface area contributed by atoms with Crippen molar-refractivity contribution in [1.29, 1.82) is 0 Å². The summed E-state index contributed by atoms with van der Waals surface area (Å²) in [6, 6.07) is 6.32. The summed E-state index contributed by atoms with van der Waals surface area (Å²) in [5, 5.41) is 0.938. The van der Waals surface area contributed by atoms with Crippen LogP contribution in [0.2, 0.25) is 25.1 Å². The number of hydrogen-bond acceptors (Lipinski definition) is 1. The molecule has 0 atom stereocenters. The number of ketones is 1. The Labute approximate surface area is 154 Å². The Kier molecular flexibility index (Phi) is 5.49. The van der Waals surface area contributed by atoms with Gasteiger partial charge in [0.1, 0.15) is 0 Å². The Hall–Kier alpha value is 0.290. The van der Waals surface area contributed by atoms with E-state index in [9.17, 15) is 4.79 Å². The minimum atomic E-state index is -0.364. The minimum absolute atomic E-state index is 0.0313. The summed E-state index contributed by atoms with van der Waals surface area (Å²) >= 11 is 32.0. The lowest BCUT2D eigenvalue weighted by Gasteiger charge is -2.10. The molecule has 2 rings (SSSR count). The van der Waals surface area contributed by atoms with Crippen molar-refractivity contribution >= 4 is 86.4 Å². The second-order valence-corrected chi connectivity index (χ2v) is 6.94. The molecular formula is C13H4Cl5IO. The van der Waals surface area contributed by atoms with Gasteiger partial charge in [0, 0.05) is 9.13 Å². The van der Waals surface area contributed by atoms with E-state index < -0.39 is 0 Å². The highest BCUT2D eigenvalue weighted by molar-refractivity contribution is 14.1. The van der Waals surface area contributed by atoms with Gasteiger partial charge in [-0.1, -0.05) is 58.0 Å². The lowest BCUT2D eigenvalue weighted by atomic mass is 10.0. The molecule has 0 heterocycles. The largest absolute Gasteiger partial charge is 0.288 e. The standard InChI is InChI=1S/C13H4Cl5IO/c14-6-3-5(1-2-9(6)19)13(20)10-7(15)4-8(16)11(17)12(10)18/h1-4H. The molecule has 0 unspecified atom stereocenters. The molecular weight excluding hydrogens is 476 g/mol. The van der Waals surface area contributed by atoms with Crippen molar-refractivity contribution in [2.75, 3.05) is 0 Å². The van der Waals surface area contributed by atoms with E-state index in [1.165, 1.54) is 6.07 Å². The molecule has 0 aromatic heterocycles. The molecule has 2 aromatic rings. The molecule has 7 heteroatoms. The molecule has 20 heavy (non-hydrogen) atoms. The Balaban J connectivity index is 2.59. The van der Waals surface area contributed by atoms with Crippen LogP contribution < -0.4 is 0 Å². The van der Waals surface area contributed by atoms with Crippen LogP contribution in [0, 0.1) is 3.57 Å². The van der Waals surface area contributed by atoms with Gasteiger partial charge in [-0.05, 0) is 46.9 Å². The molecule has 0 aliphatic rings. The average molecular weight is 480 g/mol. The summed E-state index contributed by atoms with van der Waals surface area (Å²) in [6.45, 7) is 0. The fourth-order valence-electron chi connectivity index (χ4n) is 1.56. The molecule has 0 aliphatic carbocycles. The molecule has 0 aliphatic heterocycles. The monoisotopic (exact) mass is 478 g/mol. The first-order valence-electron chi connectivity index (χ1n) is 5.15. The van der Waals surface area contributed by atoms with E-state index in [0.717, 1.165) is 3.57 Å². The van der Waals surface area contributed by atoms with E-state index in [-0.39, 0.29) is 31.4 Å². The number of carbonyl (C=O) groups excluding carboxylic acids is 1. The smallest absolute Gasteiger partial charge is 0.196 e. The fraction of sp³-hybridized carbons (Fsp3) is 0. The van der Waals surface area contributed by atoms with Gasteiger partial charge in [0.05, 0.1) is 30.7 Å². The predicted molar refractivity (Wildman–Crippen MR) is 94.1 cm³/mol. The van der Waals surface area contributed by atoms with Crippen molar-refractivity contribution < 1.29 is 4.79 Å². The van der Waals surface area contributed by atoms with Crippen molar-refractivity contribution in [2.24, 2.45) is 0 Å². The number of rotatable bonds is 2. The van der Waals surface area contributed by atoms with Crippen LogP contribution in [0.1, 0.15) is 15.9 Å². The van der Waals surface area contributed by atoms with Crippen molar-refractivity contribution in [3.63, 3.8) is 0 Å².